The molecule has 11 heteroatoms. The maximum Gasteiger partial charge on any atom is 0.310 e. The fourth-order valence-electron chi connectivity index (χ4n) is 4.80. The zero-order valence-corrected chi connectivity index (χ0v) is 25.2. The van der Waals surface area contributed by atoms with Gasteiger partial charge in [0.1, 0.15) is 5.75 Å². The molecule has 43 heavy (non-hydrogen) atoms. The number of carbonyl (C=O) groups excluding carboxylic acids is 2. The second kappa shape index (κ2) is 13.3. The number of esters is 1. The fraction of sp³-hybridized carbons (Fsp3) is 0.250. The molecule has 4 aromatic rings. The van der Waals surface area contributed by atoms with Crippen LogP contribution in [0.1, 0.15) is 35.7 Å². The number of halogens is 2. The lowest BCUT2D eigenvalue weighted by atomic mass is 9.97. The molecule has 5 rings (SSSR count). The van der Waals surface area contributed by atoms with Gasteiger partial charge in [-0.25, -0.2) is 0 Å². The van der Waals surface area contributed by atoms with Gasteiger partial charge in [-0.1, -0.05) is 40.9 Å². The average Bonchev–Trinajstić information content (AvgIpc) is 3.02. The molecule has 1 aromatic heterocycles. The summed E-state index contributed by atoms with van der Waals surface area (Å²) in [7, 11) is 0. The van der Waals surface area contributed by atoms with Crippen molar-refractivity contribution >= 4 is 46.5 Å². The van der Waals surface area contributed by atoms with E-state index in [1.807, 2.05) is 19.1 Å². The topological polar surface area (TPSA) is 103 Å². The first-order valence-electron chi connectivity index (χ1n) is 13.9. The van der Waals surface area contributed by atoms with E-state index < -0.39 is 5.56 Å². The molecule has 2 heterocycles. The predicted molar refractivity (Wildman–Crippen MR) is 166 cm³/mol. The Hall–Kier alpha value is -4.34. The van der Waals surface area contributed by atoms with Crippen LogP contribution in [0.3, 0.4) is 0 Å². The van der Waals surface area contributed by atoms with Gasteiger partial charge in [-0.05, 0) is 81.3 Å². The van der Waals surface area contributed by atoms with Crippen LogP contribution in [0.2, 0.25) is 10.0 Å². The maximum absolute atomic E-state index is 13.7. The van der Waals surface area contributed by atoms with Crippen molar-refractivity contribution in [2.24, 2.45) is 5.92 Å². The minimum absolute atomic E-state index is 0.133. The van der Waals surface area contributed by atoms with E-state index in [1.54, 1.807) is 66.4 Å². The highest BCUT2D eigenvalue weighted by Gasteiger charge is 2.29. The summed E-state index contributed by atoms with van der Waals surface area (Å²) in [6.45, 7) is 4.94. The van der Waals surface area contributed by atoms with E-state index in [1.165, 1.54) is 10.9 Å². The van der Waals surface area contributed by atoms with Gasteiger partial charge in [-0.2, -0.15) is 9.78 Å². The van der Waals surface area contributed by atoms with Crippen LogP contribution >= 0.6 is 23.2 Å². The standard InChI is InChI=1S/C32H30Cl2N4O5/c1-3-42-32(41)22-5-4-16-37(19-22)30(39)21-8-10-23(11-9-21)36-29-28(43-25-13-6-20(2)7-14-25)18-35-38(31(29)40)24-12-15-26(33)27(34)17-24/h6-15,17-18,22,36H,3-5,16,19H2,1-2H3. The molecule has 1 fully saturated rings. The van der Waals surface area contributed by atoms with Gasteiger partial charge in [0.25, 0.3) is 11.5 Å². The van der Waals surface area contributed by atoms with Crippen LogP contribution in [0.25, 0.3) is 5.69 Å². The number of hydrogen-bond acceptors (Lipinski definition) is 7. The number of rotatable bonds is 8. The summed E-state index contributed by atoms with van der Waals surface area (Å²) in [5, 5.41) is 8.09. The van der Waals surface area contributed by atoms with Crippen molar-refractivity contribution in [3.63, 3.8) is 0 Å². The van der Waals surface area contributed by atoms with E-state index in [4.69, 9.17) is 32.7 Å². The number of nitrogens with zero attached hydrogens (tertiary/aromatic N) is 3. The molecule has 1 N–H and O–H groups in total. The summed E-state index contributed by atoms with van der Waals surface area (Å²) >= 11 is 12.3. The van der Waals surface area contributed by atoms with Crippen molar-refractivity contribution in [1.82, 2.24) is 14.7 Å². The molecule has 3 aromatic carbocycles. The van der Waals surface area contributed by atoms with Crippen molar-refractivity contribution in [3.8, 4) is 17.2 Å². The highest BCUT2D eigenvalue weighted by molar-refractivity contribution is 6.42. The highest BCUT2D eigenvalue weighted by atomic mass is 35.5. The Balaban J connectivity index is 1.42. The summed E-state index contributed by atoms with van der Waals surface area (Å²) < 4.78 is 12.4. The number of nitrogens with one attached hydrogen (secondary N) is 1. The molecule has 0 saturated carbocycles. The molecule has 0 spiro atoms. The normalized spacial score (nSPS) is 14.7. The number of aromatic nitrogens is 2. The molecule has 1 amide bonds. The zero-order chi connectivity index (χ0) is 30.5. The number of anilines is 2. The van der Waals surface area contributed by atoms with Gasteiger partial charge >= 0.3 is 5.97 Å². The van der Waals surface area contributed by atoms with Gasteiger partial charge in [0, 0.05) is 24.3 Å². The second-order valence-electron chi connectivity index (χ2n) is 10.2. The van der Waals surface area contributed by atoms with Crippen molar-refractivity contribution in [3.05, 3.63) is 104 Å². The van der Waals surface area contributed by atoms with E-state index in [2.05, 4.69) is 10.4 Å². The number of piperidine rings is 1. The van der Waals surface area contributed by atoms with Crippen LogP contribution < -0.4 is 15.6 Å². The molecule has 1 atom stereocenters. The number of carbonyl (C=O) groups is 2. The van der Waals surface area contributed by atoms with E-state index in [9.17, 15) is 14.4 Å². The Morgan fingerprint density at radius 1 is 1.02 bits per heavy atom. The Morgan fingerprint density at radius 3 is 2.47 bits per heavy atom. The second-order valence-corrected chi connectivity index (χ2v) is 11.0. The molecular formula is C32H30Cl2N4O5. The van der Waals surface area contributed by atoms with Gasteiger partial charge < -0.3 is 19.7 Å². The number of amides is 1. The third-order valence-electron chi connectivity index (χ3n) is 7.07. The minimum Gasteiger partial charge on any atom is -0.466 e. The Bertz CT molecular complexity index is 1690. The molecule has 1 unspecified atom stereocenters. The first-order valence-corrected chi connectivity index (χ1v) is 14.6. The largest absolute Gasteiger partial charge is 0.466 e. The third-order valence-corrected chi connectivity index (χ3v) is 7.81. The van der Waals surface area contributed by atoms with E-state index in [0.29, 0.717) is 53.8 Å². The maximum atomic E-state index is 13.7. The van der Waals surface area contributed by atoms with Crippen molar-refractivity contribution < 1.29 is 19.1 Å². The quantitative estimate of drug-likeness (QED) is 0.216. The van der Waals surface area contributed by atoms with Gasteiger partial charge in [-0.15, -0.1) is 0 Å². The number of likely N-dealkylation sites (tertiary alicyclic amines) is 1. The summed E-state index contributed by atoms with van der Waals surface area (Å²) in [4.78, 5) is 40.9. The summed E-state index contributed by atoms with van der Waals surface area (Å²) in [5.41, 5.74) is 2.16. The van der Waals surface area contributed by atoms with Crippen molar-refractivity contribution in [1.29, 1.82) is 0 Å². The number of aryl methyl sites for hydroxylation is 1. The van der Waals surface area contributed by atoms with Crippen molar-refractivity contribution in [2.75, 3.05) is 25.0 Å². The Kier molecular flexibility index (Phi) is 9.33. The molecule has 222 valence electrons. The van der Waals surface area contributed by atoms with Crippen LogP contribution in [0.4, 0.5) is 11.4 Å². The molecule has 1 saturated heterocycles. The Labute approximate surface area is 258 Å². The van der Waals surface area contributed by atoms with Gasteiger partial charge in [0.2, 0.25) is 0 Å². The van der Waals surface area contributed by atoms with Crippen molar-refractivity contribution in [2.45, 2.75) is 26.7 Å². The lowest BCUT2D eigenvalue weighted by molar-refractivity contribution is -0.149. The fourth-order valence-corrected chi connectivity index (χ4v) is 5.09. The van der Waals surface area contributed by atoms with E-state index in [-0.39, 0.29) is 34.3 Å². The first-order chi connectivity index (χ1) is 20.7. The predicted octanol–water partition coefficient (Wildman–Crippen LogP) is 6.80. The Morgan fingerprint density at radius 2 is 1.77 bits per heavy atom. The lowest BCUT2D eigenvalue weighted by Gasteiger charge is -2.31. The van der Waals surface area contributed by atoms with Gasteiger partial charge in [0.15, 0.2) is 11.4 Å². The van der Waals surface area contributed by atoms with Crippen LogP contribution in [-0.2, 0) is 9.53 Å². The van der Waals surface area contributed by atoms with Crippen LogP contribution in [-0.4, -0.2) is 46.3 Å². The van der Waals surface area contributed by atoms with Crippen LogP contribution in [0, 0.1) is 12.8 Å². The summed E-state index contributed by atoms with van der Waals surface area (Å²) in [6.07, 6.45) is 2.87. The lowest BCUT2D eigenvalue weighted by Crippen LogP contribution is -2.42. The molecule has 0 bridgehead atoms. The first kappa shape index (κ1) is 30.1. The average molecular weight is 622 g/mol. The highest BCUT2D eigenvalue weighted by Crippen LogP contribution is 2.30. The smallest absolute Gasteiger partial charge is 0.310 e. The monoisotopic (exact) mass is 620 g/mol. The minimum atomic E-state index is -0.485. The number of ether oxygens (including phenoxy) is 2. The van der Waals surface area contributed by atoms with E-state index >= 15 is 0 Å². The van der Waals surface area contributed by atoms with Crippen LogP contribution in [0.15, 0.2) is 77.7 Å². The van der Waals surface area contributed by atoms with Crippen LogP contribution in [0.5, 0.6) is 11.5 Å². The third kappa shape index (κ3) is 7.01. The summed E-state index contributed by atoms with van der Waals surface area (Å²) in [6, 6.07) is 19.0. The van der Waals surface area contributed by atoms with E-state index in [0.717, 1.165) is 12.0 Å². The molecule has 1 aliphatic rings. The SMILES string of the molecule is CCOC(=O)C1CCCN(C(=O)c2ccc(Nc3c(Oc4ccc(C)cc4)cnn(-c4ccc(Cl)c(Cl)c4)c3=O)cc2)C1. The zero-order valence-electron chi connectivity index (χ0n) is 23.7. The molecule has 1 aliphatic heterocycles. The molecule has 0 radical (unpaired) electrons. The molecule has 0 aliphatic carbocycles. The number of benzene rings is 3. The molecular weight excluding hydrogens is 591 g/mol. The molecule has 9 nitrogen and oxygen atoms in total. The summed E-state index contributed by atoms with van der Waals surface area (Å²) in [5.74, 6) is -0.0220. The van der Waals surface area contributed by atoms with Gasteiger partial charge in [0.05, 0.1) is 34.5 Å². The number of hydrogen-bond donors (Lipinski definition) is 1. The van der Waals surface area contributed by atoms with Gasteiger partial charge in [-0.3, -0.25) is 14.4 Å².